The standard InChI is InChI=1S/C15H21N3O/c1-12(19)14-6-2-4-8-17(14)11-13-10-16-15-7-3-5-9-18(13)15/h3,5,7,9-10,12,14,19H,2,4,6,8,11H2,1H3. The molecule has 19 heavy (non-hydrogen) atoms. The number of aromatic nitrogens is 2. The van der Waals surface area contributed by atoms with Crippen molar-refractivity contribution in [1.82, 2.24) is 14.3 Å². The Labute approximate surface area is 113 Å². The Morgan fingerprint density at radius 1 is 1.42 bits per heavy atom. The molecule has 1 aliphatic rings. The van der Waals surface area contributed by atoms with Gasteiger partial charge >= 0.3 is 0 Å². The molecule has 0 bridgehead atoms. The maximum absolute atomic E-state index is 9.93. The third kappa shape index (κ3) is 2.51. The molecule has 2 atom stereocenters. The molecular weight excluding hydrogens is 238 g/mol. The summed E-state index contributed by atoms with van der Waals surface area (Å²) in [4.78, 5) is 6.82. The molecule has 2 aromatic heterocycles. The van der Waals surface area contributed by atoms with Gasteiger partial charge in [-0.3, -0.25) is 4.90 Å². The first-order chi connectivity index (χ1) is 9.25. The first-order valence-electron chi connectivity index (χ1n) is 7.09. The molecule has 0 radical (unpaired) electrons. The summed E-state index contributed by atoms with van der Waals surface area (Å²) in [5.41, 5.74) is 2.19. The van der Waals surface area contributed by atoms with Crippen molar-refractivity contribution in [3.05, 3.63) is 36.3 Å². The van der Waals surface area contributed by atoms with Crippen LogP contribution in [-0.4, -0.2) is 38.1 Å². The lowest BCUT2D eigenvalue weighted by atomic mass is 9.98. The summed E-state index contributed by atoms with van der Waals surface area (Å²) in [5, 5.41) is 9.93. The quantitative estimate of drug-likeness (QED) is 0.917. The topological polar surface area (TPSA) is 40.8 Å². The van der Waals surface area contributed by atoms with E-state index in [0.29, 0.717) is 0 Å². The Balaban J connectivity index is 1.83. The summed E-state index contributed by atoms with van der Waals surface area (Å²) >= 11 is 0. The Morgan fingerprint density at radius 3 is 3.16 bits per heavy atom. The number of aliphatic hydroxyl groups excluding tert-OH is 1. The van der Waals surface area contributed by atoms with Crippen molar-refractivity contribution >= 4 is 5.65 Å². The fraction of sp³-hybridized carbons (Fsp3) is 0.533. The van der Waals surface area contributed by atoms with Crippen molar-refractivity contribution < 1.29 is 5.11 Å². The van der Waals surface area contributed by atoms with Crippen molar-refractivity contribution in [2.75, 3.05) is 6.54 Å². The SMILES string of the molecule is CC(O)C1CCCCN1Cc1cnc2ccccn12. The Bertz CT molecular complexity index is 549. The van der Waals surface area contributed by atoms with E-state index < -0.39 is 0 Å². The molecule has 1 fully saturated rings. The first kappa shape index (κ1) is 12.6. The number of piperidine rings is 1. The predicted octanol–water partition coefficient (Wildman–Crippen LogP) is 2.07. The molecule has 0 saturated carbocycles. The van der Waals surface area contributed by atoms with Gasteiger partial charge in [-0.25, -0.2) is 4.98 Å². The van der Waals surface area contributed by atoms with Crippen LogP contribution in [0.4, 0.5) is 0 Å². The van der Waals surface area contributed by atoms with Gasteiger partial charge in [0.25, 0.3) is 0 Å². The number of nitrogens with zero attached hydrogens (tertiary/aromatic N) is 3. The van der Waals surface area contributed by atoms with Crippen molar-refractivity contribution in [2.45, 2.75) is 44.9 Å². The lowest BCUT2D eigenvalue weighted by Gasteiger charge is -2.37. The van der Waals surface area contributed by atoms with Gasteiger partial charge in [0.1, 0.15) is 5.65 Å². The highest BCUT2D eigenvalue weighted by Crippen LogP contribution is 2.22. The van der Waals surface area contributed by atoms with Crippen molar-refractivity contribution in [3.8, 4) is 0 Å². The van der Waals surface area contributed by atoms with E-state index in [1.807, 2.05) is 31.3 Å². The highest BCUT2D eigenvalue weighted by atomic mass is 16.3. The van der Waals surface area contributed by atoms with E-state index in [1.165, 1.54) is 18.5 Å². The maximum Gasteiger partial charge on any atom is 0.136 e. The van der Waals surface area contributed by atoms with E-state index in [2.05, 4.69) is 20.5 Å². The molecule has 0 amide bonds. The van der Waals surface area contributed by atoms with E-state index in [-0.39, 0.29) is 12.1 Å². The van der Waals surface area contributed by atoms with Crippen LogP contribution in [0.3, 0.4) is 0 Å². The molecule has 4 heteroatoms. The molecule has 1 saturated heterocycles. The fourth-order valence-corrected chi connectivity index (χ4v) is 3.07. The van der Waals surface area contributed by atoms with Crippen LogP contribution in [0.2, 0.25) is 0 Å². The first-order valence-corrected chi connectivity index (χ1v) is 7.09. The molecule has 0 aromatic carbocycles. The number of aliphatic hydroxyl groups is 1. The van der Waals surface area contributed by atoms with E-state index >= 15 is 0 Å². The second-order valence-corrected chi connectivity index (χ2v) is 5.45. The molecule has 0 aliphatic carbocycles. The summed E-state index contributed by atoms with van der Waals surface area (Å²) in [6.45, 7) is 3.83. The van der Waals surface area contributed by atoms with Crippen LogP contribution in [0.15, 0.2) is 30.6 Å². The zero-order valence-corrected chi connectivity index (χ0v) is 11.4. The van der Waals surface area contributed by atoms with Crippen molar-refractivity contribution in [2.24, 2.45) is 0 Å². The van der Waals surface area contributed by atoms with E-state index in [9.17, 15) is 5.11 Å². The molecule has 102 valence electrons. The van der Waals surface area contributed by atoms with Crippen LogP contribution < -0.4 is 0 Å². The van der Waals surface area contributed by atoms with Crippen molar-refractivity contribution in [3.63, 3.8) is 0 Å². The summed E-state index contributed by atoms with van der Waals surface area (Å²) in [6, 6.07) is 6.33. The van der Waals surface area contributed by atoms with E-state index in [4.69, 9.17) is 0 Å². The highest BCUT2D eigenvalue weighted by Gasteiger charge is 2.26. The van der Waals surface area contributed by atoms with E-state index in [0.717, 1.165) is 25.2 Å². The smallest absolute Gasteiger partial charge is 0.136 e. The number of hydrogen-bond donors (Lipinski definition) is 1. The minimum atomic E-state index is -0.264. The second-order valence-electron chi connectivity index (χ2n) is 5.45. The Morgan fingerprint density at radius 2 is 2.32 bits per heavy atom. The maximum atomic E-state index is 9.93. The molecule has 1 N–H and O–H groups in total. The number of rotatable bonds is 3. The number of hydrogen-bond acceptors (Lipinski definition) is 3. The van der Waals surface area contributed by atoms with Crippen molar-refractivity contribution in [1.29, 1.82) is 0 Å². The molecule has 3 rings (SSSR count). The largest absolute Gasteiger partial charge is 0.392 e. The molecule has 2 aromatic rings. The van der Waals surface area contributed by atoms with Gasteiger partial charge in [0.2, 0.25) is 0 Å². The van der Waals surface area contributed by atoms with Gasteiger partial charge < -0.3 is 9.51 Å². The summed E-state index contributed by atoms with van der Waals surface area (Å²) in [7, 11) is 0. The monoisotopic (exact) mass is 259 g/mol. The summed E-state index contributed by atoms with van der Waals surface area (Å²) in [6.07, 6.45) is 7.27. The third-order valence-electron chi connectivity index (χ3n) is 4.08. The number of imidazole rings is 1. The van der Waals surface area contributed by atoms with E-state index in [1.54, 1.807) is 0 Å². The van der Waals surface area contributed by atoms with Crippen LogP contribution in [0, 0.1) is 0 Å². The molecule has 0 spiro atoms. The molecule has 3 heterocycles. The second kappa shape index (κ2) is 5.31. The van der Waals surface area contributed by atoms with Gasteiger partial charge in [-0.15, -0.1) is 0 Å². The summed E-state index contributed by atoms with van der Waals surface area (Å²) in [5.74, 6) is 0. The van der Waals surface area contributed by atoms with Crippen LogP contribution in [-0.2, 0) is 6.54 Å². The van der Waals surface area contributed by atoms with Gasteiger partial charge in [-0.2, -0.15) is 0 Å². The normalized spacial score (nSPS) is 22.7. The molecule has 4 nitrogen and oxygen atoms in total. The zero-order chi connectivity index (χ0) is 13.2. The average Bonchev–Trinajstić information content (AvgIpc) is 2.83. The highest BCUT2D eigenvalue weighted by molar-refractivity contribution is 5.39. The number of fused-ring (bicyclic) bond motifs is 1. The molecule has 1 aliphatic heterocycles. The fourth-order valence-electron chi connectivity index (χ4n) is 3.07. The minimum Gasteiger partial charge on any atom is -0.392 e. The van der Waals surface area contributed by atoms with Crippen LogP contribution in [0.1, 0.15) is 31.9 Å². The van der Waals surface area contributed by atoms with Gasteiger partial charge in [0.05, 0.1) is 18.0 Å². The third-order valence-corrected chi connectivity index (χ3v) is 4.08. The zero-order valence-electron chi connectivity index (χ0n) is 11.4. The predicted molar refractivity (Wildman–Crippen MR) is 74.9 cm³/mol. The minimum absolute atomic E-state index is 0.264. The molecule has 2 unspecified atom stereocenters. The van der Waals surface area contributed by atoms with Crippen LogP contribution in [0.25, 0.3) is 5.65 Å². The number of pyridine rings is 1. The van der Waals surface area contributed by atoms with Gasteiger partial charge in [0.15, 0.2) is 0 Å². The van der Waals surface area contributed by atoms with Gasteiger partial charge in [-0.1, -0.05) is 12.5 Å². The molecular formula is C15H21N3O. The Kier molecular flexibility index (Phi) is 3.53. The average molecular weight is 259 g/mol. The van der Waals surface area contributed by atoms with Gasteiger partial charge in [0, 0.05) is 18.8 Å². The Hall–Kier alpha value is -1.39. The lowest BCUT2D eigenvalue weighted by Crippen LogP contribution is -2.45. The summed E-state index contributed by atoms with van der Waals surface area (Å²) < 4.78 is 2.13. The van der Waals surface area contributed by atoms with Gasteiger partial charge in [-0.05, 0) is 38.4 Å². The lowest BCUT2D eigenvalue weighted by molar-refractivity contribution is 0.0308. The van der Waals surface area contributed by atoms with Crippen LogP contribution in [0.5, 0.6) is 0 Å². The number of likely N-dealkylation sites (tertiary alicyclic amines) is 1. The van der Waals surface area contributed by atoms with Crippen LogP contribution >= 0.6 is 0 Å².